The van der Waals surface area contributed by atoms with E-state index in [9.17, 15) is 0 Å². The van der Waals surface area contributed by atoms with Crippen molar-refractivity contribution < 1.29 is 0 Å². The van der Waals surface area contributed by atoms with Gasteiger partial charge in [-0.15, -0.1) is 0 Å². The lowest BCUT2D eigenvalue weighted by atomic mass is 9.77. The van der Waals surface area contributed by atoms with Crippen LogP contribution in [0.3, 0.4) is 0 Å². The van der Waals surface area contributed by atoms with Crippen molar-refractivity contribution in [3.63, 3.8) is 0 Å². The monoisotopic (exact) mass is 578 g/mol. The number of hydrogen-bond donors (Lipinski definition) is 0. The van der Waals surface area contributed by atoms with Crippen LogP contribution < -0.4 is 0 Å². The molecule has 0 radical (unpaired) electrons. The van der Waals surface area contributed by atoms with Crippen molar-refractivity contribution in [3.05, 3.63) is 155 Å². The second kappa shape index (κ2) is 8.73. The van der Waals surface area contributed by atoms with Crippen LogP contribution in [0.2, 0.25) is 0 Å². The third kappa shape index (κ3) is 3.38. The number of rotatable bonds is 2. The fraction of sp³-hybridized carbons (Fsp3) is 0.200. The predicted molar refractivity (Wildman–Crippen MR) is 190 cm³/mol. The Morgan fingerprint density at radius 2 is 0.644 bits per heavy atom. The summed E-state index contributed by atoms with van der Waals surface area (Å²) >= 11 is 0. The summed E-state index contributed by atoms with van der Waals surface area (Å²) in [5.41, 5.74) is 22.0. The molecule has 0 heteroatoms. The number of benzene rings is 6. The maximum atomic E-state index is 2.49. The highest BCUT2D eigenvalue weighted by atomic mass is 14.4. The van der Waals surface area contributed by atoms with Gasteiger partial charge in [0.1, 0.15) is 0 Å². The van der Waals surface area contributed by atoms with E-state index in [2.05, 4.69) is 163 Å². The van der Waals surface area contributed by atoms with Gasteiger partial charge in [-0.1, -0.05) is 151 Å². The molecule has 45 heavy (non-hydrogen) atoms. The van der Waals surface area contributed by atoms with E-state index in [4.69, 9.17) is 0 Å². The standard InChI is InChI=1S/C45H38/c1-43(2)39-25-27(29-15-11-17-35-31-13-7-9-19-37(31)44(3,4)41(29)35)21-23-33(39)34-24-22-28(26-40(34)43)30-16-12-18-36-32-14-8-10-20-38(32)45(5,6)42(30)36/h7-26H,1-6H3. The van der Waals surface area contributed by atoms with Crippen molar-refractivity contribution in [1.29, 1.82) is 0 Å². The van der Waals surface area contributed by atoms with Crippen molar-refractivity contribution >= 4 is 0 Å². The van der Waals surface area contributed by atoms with E-state index in [1.165, 1.54) is 89.0 Å². The van der Waals surface area contributed by atoms with Gasteiger partial charge in [0, 0.05) is 16.2 Å². The minimum atomic E-state index is -0.108. The van der Waals surface area contributed by atoms with Crippen LogP contribution in [-0.4, -0.2) is 0 Å². The van der Waals surface area contributed by atoms with E-state index in [-0.39, 0.29) is 16.2 Å². The first-order chi connectivity index (χ1) is 21.6. The van der Waals surface area contributed by atoms with Gasteiger partial charge in [0.15, 0.2) is 0 Å². The molecule has 0 atom stereocenters. The van der Waals surface area contributed by atoms with Crippen molar-refractivity contribution in [2.75, 3.05) is 0 Å². The Balaban J connectivity index is 1.17. The largest absolute Gasteiger partial charge is 0.0619 e. The van der Waals surface area contributed by atoms with Gasteiger partial charge in [-0.2, -0.15) is 0 Å². The molecule has 0 aliphatic heterocycles. The molecular weight excluding hydrogens is 540 g/mol. The summed E-state index contributed by atoms with van der Waals surface area (Å²) in [5, 5.41) is 0. The van der Waals surface area contributed by atoms with Crippen LogP contribution in [0.4, 0.5) is 0 Å². The Labute approximate surface area is 267 Å². The smallest absolute Gasteiger partial charge is 0.0165 e. The molecule has 0 saturated heterocycles. The number of hydrogen-bond acceptors (Lipinski definition) is 0. The van der Waals surface area contributed by atoms with Crippen LogP contribution in [0.5, 0.6) is 0 Å². The number of fused-ring (bicyclic) bond motifs is 9. The summed E-state index contributed by atoms with van der Waals surface area (Å²) in [5.74, 6) is 0. The van der Waals surface area contributed by atoms with Crippen molar-refractivity contribution in [2.45, 2.75) is 57.8 Å². The average Bonchev–Trinajstić information content (AvgIpc) is 3.54. The minimum absolute atomic E-state index is 0.0434. The molecule has 0 aromatic heterocycles. The SMILES string of the molecule is CC1(C)c2cc(-c3cccc4c3C(C)(C)c3ccccc3-4)ccc2-c2ccc(-c3cccc4c3C(C)(C)c3ccccc3-4)cc21. The molecule has 0 N–H and O–H groups in total. The summed E-state index contributed by atoms with van der Waals surface area (Å²) in [4.78, 5) is 0. The Hall–Kier alpha value is -4.68. The molecule has 0 heterocycles. The lowest BCUT2D eigenvalue weighted by Crippen LogP contribution is -2.17. The Morgan fingerprint density at radius 1 is 0.289 bits per heavy atom. The predicted octanol–water partition coefficient (Wildman–Crippen LogP) is 11.9. The zero-order chi connectivity index (χ0) is 30.9. The van der Waals surface area contributed by atoms with Crippen LogP contribution in [0, 0.1) is 0 Å². The zero-order valence-electron chi connectivity index (χ0n) is 27.0. The average molecular weight is 579 g/mol. The molecule has 0 amide bonds. The zero-order valence-corrected chi connectivity index (χ0v) is 27.0. The summed E-state index contributed by atoms with van der Waals surface area (Å²) in [6.07, 6.45) is 0. The lowest BCUT2D eigenvalue weighted by molar-refractivity contribution is 0.658. The van der Waals surface area contributed by atoms with E-state index in [0.717, 1.165) is 0 Å². The minimum Gasteiger partial charge on any atom is -0.0619 e. The first-order valence-electron chi connectivity index (χ1n) is 16.4. The molecule has 0 unspecified atom stereocenters. The molecular formula is C45H38. The molecule has 9 rings (SSSR count). The van der Waals surface area contributed by atoms with Crippen LogP contribution in [0.1, 0.15) is 74.9 Å². The topological polar surface area (TPSA) is 0 Å². The molecule has 218 valence electrons. The molecule has 6 aromatic carbocycles. The van der Waals surface area contributed by atoms with Crippen LogP contribution in [0.25, 0.3) is 55.6 Å². The fourth-order valence-corrected chi connectivity index (χ4v) is 9.25. The van der Waals surface area contributed by atoms with Gasteiger partial charge >= 0.3 is 0 Å². The molecule has 0 bridgehead atoms. The second-order valence-corrected chi connectivity index (χ2v) is 14.9. The quantitative estimate of drug-likeness (QED) is 0.192. The second-order valence-electron chi connectivity index (χ2n) is 14.9. The molecule has 0 spiro atoms. The normalized spacial score (nSPS) is 16.8. The molecule has 3 aliphatic carbocycles. The van der Waals surface area contributed by atoms with Gasteiger partial charge in [-0.05, 0) is 101 Å². The highest BCUT2D eigenvalue weighted by Gasteiger charge is 2.40. The summed E-state index contributed by atoms with van der Waals surface area (Å²) in [6.45, 7) is 14.4. The van der Waals surface area contributed by atoms with Crippen molar-refractivity contribution in [2.24, 2.45) is 0 Å². The van der Waals surface area contributed by atoms with Crippen molar-refractivity contribution in [3.8, 4) is 55.6 Å². The maximum Gasteiger partial charge on any atom is 0.0165 e. The van der Waals surface area contributed by atoms with E-state index in [0.29, 0.717) is 0 Å². The molecule has 3 aliphatic rings. The summed E-state index contributed by atoms with van der Waals surface area (Å²) < 4.78 is 0. The highest BCUT2D eigenvalue weighted by Crippen LogP contribution is 2.56. The molecule has 0 saturated carbocycles. The first kappa shape index (κ1) is 26.7. The Kier molecular flexibility index (Phi) is 5.18. The molecule has 0 nitrogen and oxygen atoms in total. The Bertz CT molecular complexity index is 2080. The highest BCUT2D eigenvalue weighted by molar-refractivity contribution is 5.92. The van der Waals surface area contributed by atoms with Gasteiger partial charge in [0.2, 0.25) is 0 Å². The lowest BCUT2D eigenvalue weighted by Gasteiger charge is -2.26. The summed E-state index contributed by atoms with van der Waals surface area (Å²) in [7, 11) is 0. The maximum absolute atomic E-state index is 2.49. The van der Waals surface area contributed by atoms with Gasteiger partial charge in [-0.25, -0.2) is 0 Å². The van der Waals surface area contributed by atoms with Gasteiger partial charge < -0.3 is 0 Å². The van der Waals surface area contributed by atoms with E-state index in [1.807, 2.05) is 0 Å². The summed E-state index contributed by atoms with van der Waals surface area (Å²) in [6, 6.07) is 46.1. The van der Waals surface area contributed by atoms with Crippen molar-refractivity contribution in [1.82, 2.24) is 0 Å². The van der Waals surface area contributed by atoms with Crippen LogP contribution >= 0.6 is 0 Å². The van der Waals surface area contributed by atoms with E-state index in [1.54, 1.807) is 0 Å². The third-order valence-electron chi connectivity index (χ3n) is 11.5. The van der Waals surface area contributed by atoms with Gasteiger partial charge in [0.05, 0.1) is 0 Å². The van der Waals surface area contributed by atoms with Gasteiger partial charge in [-0.3, -0.25) is 0 Å². The fourth-order valence-electron chi connectivity index (χ4n) is 9.25. The van der Waals surface area contributed by atoms with Crippen LogP contribution in [0.15, 0.2) is 121 Å². The molecule has 6 aromatic rings. The third-order valence-corrected chi connectivity index (χ3v) is 11.5. The molecule has 0 fully saturated rings. The van der Waals surface area contributed by atoms with E-state index >= 15 is 0 Å². The first-order valence-corrected chi connectivity index (χ1v) is 16.4. The van der Waals surface area contributed by atoms with Gasteiger partial charge in [0.25, 0.3) is 0 Å². The Morgan fingerprint density at radius 3 is 1.09 bits per heavy atom. The van der Waals surface area contributed by atoms with E-state index < -0.39 is 0 Å². The van der Waals surface area contributed by atoms with Crippen LogP contribution in [-0.2, 0) is 16.2 Å².